The van der Waals surface area contributed by atoms with Gasteiger partial charge in [-0.15, -0.1) is 11.3 Å². The average molecular weight is 382 g/mol. The first-order valence-corrected chi connectivity index (χ1v) is 10.3. The fourth-order valence-corrected chi connectivity index (χ4v) is 4.52. The van der Waals surface area contributed by atoms with Gasteiger partial charge in [-0.2, -0.15) is 0 Å². The van der Waals surface area contributed by atoms with Crippen molar-refractivity contribution in [3.63, 3.8) is 0 Å². The van der Waals surface area contributed by atoms with Gasteiger partial charge in [0, 0.05) is 23.3 Å². The normalized spacial score (nSPS) is 16.1. The molecule has 4 rings (SSSR count). The SMILES string of the molecule is CC1CCc2nc(NC(=O)CCCc3ncc(-c4ccccc4)o3)sc2C1. The van der Waals surface area contributed by atoms with Crippen LogP contribution in [-0.2, 0) is 24.1 Å². The Balaban J connectivity index is 1.26. The third-order valence-electron chi connectivity index (χ3n) is 4.84. The molecule has 0 aliphatic heterocycles. The number of thiazole rings is 1. The summed E-state index contributed by atoms with van der Waals surface area (Å²) >= 11 is 1.62. The molecular weight excluding hydrogens is 358 g/mol. The third kappa shape index (κ3) is 4.45. The summed E-state index contributed by atoms with van der Waals surface area (Å²) < 4.78 is 5.78. The Labute approximate surface area is 162 Å². The zero-order valence-corrected chi connectivity index (χ0v) is 16.2. The highest BCUT2D eigenvalue weighted by Crippen LogP contribution is 2.32. The Bertz CT molecular complexity index is 917. The number of anilines is 1. The van der Waals surface area contributed by atoms with Gasteiger partial charge in [-0.25, -0.2) is 9.97 Å². The minimum atomic E-state index is 0.00369. The van der Waals surface area contributed by atoms with E-state index in [1.165, 1.54) is 17.0 Å². The van der Waals surface area contributed by atoms with Crippen molar-refractivity contribution in [2.24, 2.45) is 5.92 Å². The van der Waals surface area contributed by atoms with Crippen LogP contribution in [0.4, 0.5) is 5.13 Å². The number of oxazole rings is 1. The second kappa shape index (κ2) is 8.05. The van der Waals surface area contributed by atoms with E-state index in [2.05, 4.69) is 22.2 Å². The van der Waals surface area contributed by atoms with Crippen LogP contribution >= 0.6 is 11.3 Å². The van der Waals surface area contributed by atoms with Crippen LogP contribution in [0, 0.1) is 5.92 Å². The van der Waals surface area contributed by atoms with Gasteiger partial charge in [0.25, 0.3) is 0 Å². The minimum Gasteiger partial charge on any atom is -0.441 e. The molecule has 5 nitrogen and oxygen atoms in total. The van der Waals surface area contributed by atoms with E-state index in [1.807, 2.05) is 30.3 Å². The number of hydrogen-bond acceptors (Lipinski definition) is 5. The van der Waals surface area contributed by atoms with Crippen molar-refractivity contribution < 1.29 is 9.21 Å². The van der Waals surface area contributed by atoms with E-state index in [9.17, 15) is 4.79 Å². The van der Waals surface area contributed by atoms with Gasteiger partial charge < -0.3 is 9.73 Å². The van der Waals surface area contributed by atoms with Crippen LogP contribution in [0.3, 0.4) is 0 Å². The summed E-state index contributed by atoms with van der Waals surface area (Å²) in [5, 5.41) is 3.69. The maximum atomic E-state index is 12.2. The molecule has 0 bridgehead atoms. The van der Waals surface area contributed by atoms with E-state index >= 15 is 0 Å². The number of carbonyl (C=O) groups excluding carboxylic acids is 1. The highest BCUT2D eigenvalue weighted by Gasteiger charge is 2.20. The number of nitrogens with zero attached hydrogens (tertiary/aromatic N) is 2. The largest absolute Gasteiger partial charge is 0.441 e. The van der Waals surface area contributed by atoms with Crippen molar-refractivity contribution in [3.8, 4) is 11.3 Å². The topological polar surface area (TPSA) is 68.0 Å². The monoisotopic (exact) mass is 381 g/mol. The van der Waals surface area contributed by atoms with Gasteiger partial charge in [0.1, 0.15) is 0 Å². The number of carbonyl (C=O) groups is 1. The van der Waals surface area contributed by atoms with Crippen LogP contribution in [0.2, 0.25) is 0 Å². The number of amides is 1. The molecule has 2 heterocycles. The molecule has 0 spiro atoms. The van der Waals surface area contributed by atoms with Crippen molar-refractivity contribution in [1.82, 2.24) is 9.97 Å². The average Bonchev–Trinajstić information content (AvgIpc) is 3.28. The van der Waals surface area contributed by atoms with Gasteiger partial charge in [0.05, 0.1) is 11.9 Å². The molecule has 0 radical (unpaired) electrons. The predicted molar refractivity (Wildman–Crippen MR) is 107 cm³/mol. The van der Waals surface area contributed by atoms with Gasteiger partial charge >= 0.3 is 0 Å². The van der Waals surface area contributed by atoms with Crippen LogP contribution in [0.15, 0.2) is 40.9 Å². The molecule has 1 aromatic carbocycles. The molecule has 1 aliphatic rings. The molecule has 1 atom stereocenters. The summed E-state index contributed by atoms with van der Waals surface area (Å²) in [6.45, 7) is 2.27. The van der Waals surface area contributed by atoms with Gasteiger partial charge in [-0.3, -0.25) is 4.79 Å². The summed E-state index contributed by atoms with van der Waals surface area (Å²) in [6, 6.07) is 9.90. The lowest BCUT2D eigenvalue weighted by molar-refractivity contribution is -0.116. The fraction of sp³-hybridized carbons (Fsp3) is 0.381. The maximum Gasteiger partial charge on any atom is 0.226 e. The Kier molecular flexibility index (Phi) is 5.34. The van der Waals surface area contributed by atoms with Crippen molar-refractivity contribution in [2.75, 3.05) is 5.32 Å². The van der Waals surface area contributed by atoms with Crippen LogP contribution in [0.1, 0.15) is 42.6 Å². The Morgan fingerprint density at radius 3 is 3.04 bits per heavy atom. The molecular formula is C21H23N3O2S. The lowest BCUT2D eigenvalue weighted by Gasteiger charge is -2.15. The third-order valence-corrected chi connectivity index (χ3v) is 5.87. The summed E-state index contributed by atoms with van der Waals surface area (Å²) in [5.74, 6) is 2.14. The van der Waals surface area contributed by atoms with Gasteiger partial charge in [0.15, 0.2) is 16.8 Å². The molecule has 1 N–H and O–H groups in total. The molecule has 27 heavy (non-hydrogen) atoms. The van der Waals surface area contributed by atoms with Crippen molar-refractivity contribution in [2.45, 2.75) is 45.4 Å². The number of hydrogen-bond donors (Lipinski definition) is 1. The molecule has 0 saturated heterocycles. The summed E-state index contributed by atoms with van der Waals surface area (Å²) in [6.07, 6.45) is 6.81. The molecule has 1 unspecified atom stereocenters. The zero-order chi connectivity index (χ0) is 18.6. The molecule has 3 aromatic rings. The number of rotatable bonds is 6. The van der Waals surface area contributed by atoms with Gasteiger partial charge in [0.2, 0.25) is 5.91 Å². The Hall–Kier alpha value is -2.47. The molecule has 1 aliphatic carbocycles. The van der Waals surface area contributed by atoms with Gasteiger partial charge in [-0.1, -0.05) is 37.3 Å². The molecule has 0 saturated carbocycles. The predicted octanol–water partition coefficient (Wildman–Crippen LogP) is 4.88. The Morgan fingerprint density at radius 1 is 1.33 bits per heavy atom. The second-order valence-corrected chi connectivity index (χ2v) is 8.21. The first-order chi connectivity index (χ1) is 13.2. The molecule has 1 amide bonds. The van der Waals surface area contributed by atoms with Crippen molar-refractivity contribution in [3.05, 3.63) is 53.0 Å². The van der Waals surface area contributed by atoms with E-state index in [0.29, 0.717) is 31.1 Å². The number of benzene rings is 1. The van der Waals surface area contributed by atoms with E-state index in [1.54, 1.807) is 17.5 Å². The quantitative estimate of drug-likeness (QED) is 0.660. The molecule has 2 aromatic heterocycles. The number of aromatic nitrogens is 2. The first-order valence-electron chi connectivity index (χ1n) is 9.46. The van der Waals surface area contributed by atoms with E-state index in [-0.39, 0.29) is 5.91 Å². The smallest absolute Gasteiger partial charge is 0.226 e. The van der Waals surface area contributed by atoms with Gasteiger partial charge in [-0.05, 0) is 31.6 Å². The first kappa shape index (κ1) is 17.9. The lowest BCUT2D eigenvalue weighted by atomic mass is 9.93. The lowest BCUT2D eigenvalue weighted by Crippen LogP contribution is -2.11. The minimum absolute atomic E-state index is 0.00369. The molecule has 0 fully saturated rings. The van der Waals surface area contributed by atoms with Crippen LogP contribution in [0.5, 0.6) is 0 Å². The van der Waals surface area contributed by atoms with Crippen LogP contribution < -0.4 is 5.32 Å². The summed E-state index contributed by atoms with van der Waals surface area (Å²) in [5.41, 5.74) is 2.18. The second-order valence-electron chi connectivity index (χ2n) is 7.12. The summed E-state index contributed by atoms with van der Waals surface area (Å²) in [4.78, 5) is 22.4. The highest BCUT2D eigenvalue weighted by molar-refractivity contribution is 7.15. The molecule has 140 valence electrons. The maximum absolute atomic E-state index is 12.2. The Morgan fingerprint density at radius 2 is 2.19 bits per heavy atom. The molecule has 6 heteroatoms. The van der Waals surface area contributed by atoms with Crippen molar-refractivity contribution in [1.29, 1.82) is 0 Å². The number of fused-ring (bicyclic) bond motifs is 1. The van der Waals surface area contributed by atoms with E-state index in [0.717, 1.165) is 29.3 Å². The van der Waals surface area contributed by atoms with E-state index < -0.39 is 0 Å². The van der Waals surface area contributed by atoms with E-state index in [4.69, 9.17) is 4.42 Å². The fourth-order valence-electron chi connectivity index (χ4n) is 3.34. The number of nitrogens with one attached hydrogen (secondary N) is 1. The zero-order valence-electron chi connectivity index (χ0n) is 15.4. The van der Waals surface area contributed by atoms with Crippen molar-refractivity contribution >= 4 is 22.4 Å². The standard InChI is InChI=1S/C21H23N3O2S/c1-14-10-11-16-18(12-14)27-21(23-16)24-19(25)8-5-9-20-22-13-17(26-20)15-6-3-2-4-7-15/h2-4,6-7,13-14H,5,8-12H2,1H3,(H,23,24,25). The highest BCUT2D eigenvalue weighted by atomic mass is 32.1. The number of aryl methyl sites for hydroxylation is 2. The van der Waals surface area contributed by atoms with Crippen LogP contribution in [0.25, 0.3) is 11.3 Å². The summed E-state index contributed by atoms with van der Waals surface area (Å²) in [7, 11) is 0. The van der Waals surface area contributed by atoms with Crippen LogP contribution in [-0.4, -0.2) is 15.9 Å².